The van der Waals surface area contributed by atoms with E-state index in [-0.39, 0.29) is 11.5 Å². The Morgan fingerprint density at radius 2 is 1.86 bits per heavy atom. The third-order valence-corrected chi connectivity index (χ3v) is 6.13. The summed E-state index contributed by atoms with van der Waals surface area (Å²) in [7, 11) is -2.05. The Bertz CT molecular complexity index is 588. The van der Waals surface area contributed by atoms with Crippen LogP contribution in [0.25, 0.3) is 0 Å². The molecule has 0 aromatic carbocycles. The summed E-state index contributed by atoms with van der Waals surface area (Å²) in [6.07, 6.45) is 2.37. The molecule has 0 saturated carbocycles. The van der Waals surface area contributed by atoms with Crippen LogP contribution in [0.3, 0.4) is 0 Å². The van der Waals surface area contributed by atoms with Gasteiger partial charge in [0.25, 0.3) is 0 Å². The number of hydrogen-bond acceptors (Lipinski definition) is 5. The van der Waals surface area contributed by atoms with Gasteiger partial charge in [0.05, 0.1) is 6.61 Å². The summed E-state index contributed by atoms with van der Waals surface area (Å²) in [6.45, 7) is 6.21. The van der Waals surface area contributed by atoms with Gasteiger partial charge in [-0.15, -0.1) is 0 Å². The minimum absolute atomic E-state index is 0.117. The van der Waals surface area contributed by atoms with Crippen molar-refractivity contribution in [3.05, 3.63) is 17.1 Å². The third-order valence-electron chi connectivity index (χ3n) is 4.08. The maximum atomic E-state index is 12.7. The van der Waals surface area contributed by atoms with Crippen molar-refractivity contribution in [3.8, 4) is 0 Å². The SMILES string of the molecule is Cc1oc(C)c(S(=O)(=O)N(C)CCN2CCCC2)c1CO. The van der Waals surface area contributed by atoms with Gasteiger partial charge in [0.1, 0.15) is 16.4 Å². The topological polar surface area (TPSA) is 74.0 Å². The van der Waals surface area contributed by atoms with Crippen molar-refractivity contribution in [2.45, 2.75) is 38.2 Å². The molecule has 0 atom stereocenters. The molecule has 6 nitrogen and oxygen atoms in total. The average Bonchev–Trinajstić information content (AvgIpc) is 3.03. The Hall–Kier alpha value is -0.890. The number of sulfonamides is 1. The van der Waals surface area contributed by atoms with E-state index in [1.165, 1.54) is 17.1 Å². The first-order chi connectivity index (χ1) is 9.87. The highest BCUT2D eigenvalue weighted by molar-refractivity contribution is 7.89. The second kappa shape index (κ2) is 6.48. The number of nitrogens with zero attached hydrogens (tertiary/aromatic N) is 2. The molecule has 2 rings (SSSR count). The Kier molecular flexibility index (Phi) is 5.08. The fourth-order valence-corrected chi connectivity index (χ4v) is 4.35. The molecule has 1 N–H and O–H groups in total. The maximum absolute atomic E-state index is 12.7. The van der Waals surface area contributed by atoms with Crippen molar-refractivity contribution < 1.29 is 17.9 Å². The van der Waals surface area contributed by atoms with Crippen molar-refractivity contribution in [3.63, 3.8) is 0 Å². The van der Waals surface area contributed by atoms with Gasteiger partial charge in [0.15, 0.2) is 0 Å². The molecule has 0 amide bonds. The summed E-state index contributed by atoms with van der Waals surface area (Å²) in [4.78, 5) is 2.39. The number of aryl methyl sites for hydroxylation is 2. The quantitative estimate of drug-likeness (QED) is 0.851. The summed E-state index contributed by atoms with van der Waals surface area (Å²) in [5.41, 5.74) is 0.362. The highest BCUT2D eigenvalue weighted by Gasteiger charge is 2.30. The van der Waals surface area contributed by atoms with Gasteiger partial charge in [-0.25, -0.2) is 8.42 Å². The molecule has 21 heavy (non-hydrogen) atoms. The fourth-order valence-electron chi connectivity index (χ4n) is 2.79. The molecule has 1 fully saturated rings. The molecule has 2 heterocycles. The van der Waals surface area contributed by atoms with Crippen LogP contribution in [-0.4, -0.2) is 56.0 Å². The standard InChI is InChI=1S/C14H24N2O4S/c1-11-13(10-17)14(12(2)20-11)21(18,19)15(3)8-9-16-6-4-5-7-16/h17H,4-10H2,1-3H3. The molecule has 0 unspecified atom stereocenters. The van der Waals surface area contributed by atoms with Crippen molar-refractivity contribution in [1.29, 1.82) is 0 Å². The van der Waals surface area contributed by atoms with Gasteiger partial charge in [0.2, 0.25) is 10.0 Å². The molecule has 0 spiro atoms. The second-order valence-corrected chi connectivity index (χ2v) is 7.54. The number of likely N-dealkylation sites (N-methyl/N-ethyl adjacent to an activating group) is 1. The normalized spacial score (nSPS) is 17.0. The first kappa shape index (κ1) is 16.5. The number of aliphatic hydroxyl groups is 1. The molecule has 1 aliphatic rings. The zero-order chi connectivity index (χ0) is 15.6. The molecule has 1 aliphatic heterocycles. The first-order valence-electron chi connectivity index (χ1n) is 7.26. The lowest BCUT2D eigenvalue weighted by Crippen LogP contribution is -2.35. The van der Waals surface area contributed by atoms with E-state index in [1.807, 2.05) is 0 Å². The fraction of sp³-hybridized carbons (Fsp3) is 0.714. The number of rotatable bonds is 6. The van der Waals surface area contributed by atoms with E-state index in [9.17, 15) is 13.5 Å². The van der Waals surface area contributed by atoms with Crippen LogP contribution in [0.4, 0.5) is 0 Å². The third kappa shape index (κ3) is 3.31. The zero-order valence-electron chi connectivity index (χ0n) is 12.9. The Labute approximate surface area is 126 Å². The number of furan rings is 1. The molecule has 7 heteroatoms. The van der Waals surface area contributed by atoms with Crippen LogP contribution < -0.4 is 0 Å². The van der Waals surface area contributed by atoms with Crippen LogP contribution in [0.15, 0.2) is 9.31 Å². The molecule has 120 valence electrons. The maximum Gasteiger partial charge on any atom is 0.246 e. The minimum Gasteiger partial charge on any atom is -0.465 e. The van der Waals surface area contributed by atoms with E-state index in [0.29, 0.717) is 23.6 Å². The van der Waals surface area contributed by atoms with Crippen LogP contribution in [-0.2, 0) is 16.6 Å². The average molecular weight is 316 g/mol. The van der Waals surface area contributed by atoms with Gasteiger partial charge < -0.3 is 14.4 Å². The highest BCUT2D eigenvalue weighted by atomic mass is 32.2. The molecule has 0 radical (unpaired) electrons. The van der Waals surface area contributed by atoms with E-state index in [2.05, 4.69) is 4.90 Å². The van der Waals surface area contributed by atoms with Crippen molar-refractivity contribution in [2.24, 2.45) is 0 Å². The molecule has 1 aromatic rings. The van der Waals surface area contributed by atoms with Gasteiger partial charge in [-0.05, 0) is 39.8 Å². The minimum atomic E-state index is -3.63. The van der Waals surface area contributed by atoms with Crippen LogP contribution >= 0.6 is 0 Å². The predicted molar refractivity (Wildman–Crippen MR) is 79.6 cm³/mol. The van der Waals surface area contributed by atoms with Crippen LogP contribution in [0.5, 0.6) is 0 Å². The summed E-state index contributed by atoms with van der Waals surface area (Å²) >= 11 is 0. The lowest BCUT2D eigenvalue weighted by Gasteiger charge is -2.21. The summed E-state index contributed by atoms with van der Waals surface area (Å²) in [6, 6.07) is 0. The first-order valence-corrected chi connectivity index (χ1v) is 8.70. The highest BCUT2D eigenvalue weighted by Crippen LogP contribution is 2.28. The zero-order valence-corrected chi connectivity index (χ0v) is 13.7. The Morgan fingerprint density at radius 3 is 2.43 bits per heavy atom. The lowest BCUT2D eigenvalue weighted by atomic mass is 10.2. The van der Waals surface area contributed by atoms with Gasteiger partial charge >= 0.3 is 0 Å². The predicted octanol–water partition coefficient (Wildman–Crippen LogP) is 1.11. The molecule has 1 saturated heterocycles. The van der Waals surface area contributed by atoms with Crippen LogP contribution in [0.2, 0.25) is 0 Å². The monoisotopic (exact) mass is 316 g/mol. The smallest absolute Gasteiger partial charge is 0.246 e. The van der Waals surface area contributed by atoms with Crippen LogP contribution in [0, 0.1) is 13.8 Å². The second-order valence-electron chi connectivity index (χ2n) is 5.56. The lowest BCUT2D eigenvalue weighted by molar-refractivity contribution is 0.276. The van der Waals surface area contributed by atoms with Crippen LogP contribution in [0.1, 0.15) is 29.9 Å². The molecular weight excluding hydrogens is 292 g/mol. The van der Waals surface area contributed by atoms with E-state index in [0.717, 1.165) is 19.6 Å². The van der Waals surface area contributed by atoms with Gasteiger partial charge in [-0.1, -0.05) is 0 Å². The van der Waals surface area contributed by atoms with E-state index in [4.69, 9.17) is 4.42 Å². The van der Waals surface area contributed by atoms with Crippen molar-refractivity contribution in [2.75, 3.05) is 33.2 Å². The van der Waals surface area contributed by atoms with Crippen molar-refractivity contribution >= 4 is 10.0 Å². The van der Waals surface area contributed by atoms with E-state index < -0.39 is 10.0 Å². The number of hydrogen-bond donors (Lipinski definition) is 1. The van der Waals surface area contributed by atoms with E-state index >= 15 is 0 Å². The Balaban J connectivity index is 2.16. The largest absolute Gasteiger partial charge is 0.465 e. The summed E-state index contributed by atoms with van der Waals surface area (Å²) in [5.74, 6) is 0.797. The molecular formula is C14H24N2O4S. The molecule has 0 aliphatic carbocycles. The number of likely N-dealkylation sites (tertiary alicyclic amines) is 1. The summed E-state index contributed by atoms with van der Waals surface area (Å²) < 4.78 is 32.1. The van der Waals surface area contributed by atoms with Gasteiger partial charge in [-0.2, -0.15) is 4.31 Å². The molecule has 0 bridgehead atoms. The van der Waals surface area contributed by atoms with Crippen molar-refractivity contribution in [1.82, 2.24) is 9.21 Å². The van der Waals surface area contributed by atoms with Gasteiger partial charge in [-0.3, -0.25) is 0 Å². The number of aliphatic hydroxyl groups excluding tert-OH is 1. The van der Waals surface area contributed by atoms with Gasteiger partial charge in [0, 0.05) is 25.7 Å². The Morgan fingerprint density at radius 1 is 1.24 bits per heavy atom. The molecule has 1 aromatic heterocycles. The summed E-state index contributed by atoms with van der Waals surface area (Å²) in [5, 5.41) is 9.41. The van der Waals surface area contributed by atoms with E-state index in [1.54, 1.807) is 20.9 Å².